The molecule has 0 unspecified atom stereocenters. The van der Waals surface area contributed by atoms with Gasteiger partial charge in [0, 0.05) is 17.6 Å². The lowest BCUT2D eigenvalue weighted by Crippen LogP contribution is -2.41. The van der Waals surface area contributed by atoms with E-state index in [1.165, 1.54) is 16.7 Å². The van der Waals surface area contributed by atoms with E-state index in [1.54, 1.807) is 0 Å². The van der Waals surface area contributed by atoms with Crippen molar-refractivity contribution >= 4 is 5.97 Å². The molecule has 0 aromatic heterocycles. The van der Waals surface area contributed by atoms with Gasteiger partial charge in [0.25, 0.3) is 0 Å². The molecule has 3 aromatic rings. The van der Waals surface area contributed by atoms with Crippen molar-refractivity contribution in [2.24, 2.45) is 0 Å². The zero-order valence-electron chi connectivity index (χ0n) is 20.2. The summed E-state index contributed by atoms with van der Waals surface area (Å²) in [5, 5.41) is 12.3. The molecule has 1 saturated heterocycles. The Balaban J connectivity index is 1.59. The van der Waals surface area contributed by atoms with Gasteiger partial charge in [0.2, 0.25) is 0 Å². The van der Waals surface area contributed by atoms with Gasteiger partial charge < -0.3 is 19.9 Å². The Morgan fingerprint density at radius 2 is 1.60 bits per heavy atom. The summed E-state index contributed by atoms with van der Waals surface area (Å²) in [5.74, 6) is 0.120. The molecule has 1 aliphatic heterocycles. The fraction of sp³-hybridized carbons (Fsp3) is 0.367. The average molecular weight is 474 g/mol. The number of carbonyl (C=O) groups is 1. The highest BCUT2D eigenvalue weighted by molar-refractivity contribution is 5.66. The van der Waals surface area contributed by atoms with Crippen LogP contribution in [0.2, 0.25) is 0 Å². The number of aliphatic carboxylic acids is 1. The lowest BCUT2D eigenvalue weighted by atomic mass is 9.67. The number of nitrogens with one attached hydrogen (secondary N) is 1. The van der Waals surface area contributed by atoms with Gasteiger partial charge in [0.1, 0.15) is 12.4 Å². The van der Waals surface area contributed by atoms with Crippen LogP contribution in [-0.2, 0) is 28.0 Å². The van der Waals surface area contributed by atoms with Gasteiger partial charge in [-0.15, -0.1) is 0 Å². The van der Waals surface area contributed by atoms with Crippen molar-refractivity contribution in [3.8, 4) is 5.75 Å². The van der Waals surface area contributed by atoms with Gasteiger partial charge in [-0.2, -0.15) is 0 Å². The number of carboxylic acid groups (broad SMARTS) is 1. The highest BCUT2D eigenvalue weighted by Crippen LogP contribution is 2.45. The summed E-state index contributed by atoms with van der Waals surface area (Å²) >= 11 is 0. The first-order chi connectivity index (χ1) is 17.2. The summed E-state index contributed by atoms with van der Waals surface area (Å²) in [7, 11) is 0. The first kappa shape index (κ1) is 25.0. The number of piperidine rings is 1. The highest BCUT2D eigenvalue weighted by Gasteiger charge is 2.38. The monoisotopic (exact) mass is 473 g/mol. The summed E-state index contributed by atoms with van der Waals surface area (Å²) in [5.41, 5.74) is 4.89. The number of benzene rings is 3. The van der Waals surface area contributed by atoms with Gasteiger partial charge in [-0.1, -0.05) is 72.8 Å². The molecule has 184 valence electrons. The van der Waals surface area contributed by atoms with Crippen LogP contribution in [0.5, 0.6) is 5.75 Å². The van der Waals surface area contributed by atoms with Crippen LogP contribution in [0.3, 0.4) is 0 Å². The molecular formula is C30H35NO4. The lowest BCUT2D eigenvalue weighted by Gasteiger charge is -2.40. The first-order valence-corrected chi connectivity index (χ1v) is 12.5. The SMILES string of the molecule is O=C(O)CCOCCCc1ccc(OCc2ccccc2)c(C2(c3ccccc3)CCNCC2)c1. The first-order valence-electron chi connectivity index (χ1n) is 12.5. The van der Waals surface area contributed by atoms with Gasteiger partial charge in [0.15, 0.2) is 0 Å². The van der Waals surface area contributed by atoms with E-state index in [9.17, 15) is 4.79 Å². The zero-order chi connectivity index (χ0) is 24.3. The van der Waals surface area contributed by atoms with E-state index in [-0.39, 0.29) is 18.4 Å². The normalized spacial score (nSPS) is 15.0. The maximum Gasteiger partial charge on any atom is 0.305 e. The van der Waals surface area contributed by atoms with Crippen molar-refractivity contribution in [2.45, 2.75) is 44.1 Å². The molecule has 0 aliphatic carbocycles. The molecule has 5 heteroatoms. The average Bonchev–Trinajstić information content (AvgIpc) is 2.91. The highest BCUT2D eigenvalue weighted by atomic mass is 16.5. The van der Waals surface area contributed by atoms with Crippen LogP contribution >= 0.6 is 0 Å². The fourth-order valence-electron chi connectivity index (χ4n) is 4.93. The number of hydrogen-bond acceptors (Lipinski definition) is 4. The van der Waals surface area contributed by atoms with Gasteiger partial charge in [-0.3, -0.25) is 4.79 Å². The van der Waals surface area contributed by atoms with Crippen LogP contribution in [0.1, 0.15) is 47.9 Å². The summed E-state index contributed by atoms with van der Waals surface area (Å²) < 4.78 is 12.0. The maximum atomic E-state index is 10.7. The van der Waals surface area contributed by atoms with Crippen LogP contribution in [-0.4, -0.2) is 37.4 Å². The van der Waals surface area contributed by atoms with E-state index >= 15 is 0 Å². The van der Waals surface area contributed by atoms with Crippen LogP contribution in [0, 0.1) is 0 Å². The Kier molecular flexibility index (Phi) is 8.93. The minimum atomic E-state index is -0.825. The molecule has 35 heavy (non-hydrogen) atoms. The number of ether oxygens (including phenoxy) is 2. The third-order valence-corrected chi connectivity index (χ3v) is 6.79. The van der Waals surface area contributed by atoms with Crippen LogP contribution in [0.25, 0.3) is 0 Å². The smallest absolute Gasteiger partial charge is 0.305 e. The Morgan fingerprint density at radius 1 is 0.886 bits per heavy atom. The van der Waals surface area contributed by atoms with Gasteiger partial charge in [-0.05, 0) is 61.5 Å². The second-order valence-corrected chi connectivity index (χ2v) is 9.16. The molecule has 2 N–H and O–H groups in total. The maximum absolute atomic E-state index is 10.7. The topological polar surface area (TPSA) is 67.8 Å². The molecule has 5 nitrogen and oxygen atoms in total. The molecular weight excluding hydrogens is 438 g/mol. The fourth-order valence-corrected chi connectivity index (χ4v) is 4.93. The predicted octanol–water partition coefficient (Wildman–Crippen LogP) is 5.36. The number of aryl methyl sites for hydroxylation is 1. The molecule has 1 heterocycles. The van der Waals surface area contributed by atoms with Crippen molar-refractivity contribution in [1.29, 1.82) is 0 Å². The van der Waals surface area contributed by atoms with E-state index in [1.807, 2.05) is 18.2 Å². The summed E-state index contributed by atoms with van der Waals surface area (Å²) in [6, 6.07) is 27.7. The minimum Gasteiger partial charge on any atom is -0.489 e. The Labute approximate surface area is 208 Å². The molecule has 1 fully saturated rings. The third kappa shape index (κ3) is 6.71. The second-order valence-electron chi connectivity index (χ2n) is 9.16. The van der Waals surface area contributed by atoms with E-state index in [0.29, 0.717) is 13.2 Å². The van der Waals surface area contributed by atoms with Crippen molar-refractivity contribution in [3.05, 3.63) is 101 Å². The lowest BCUT2D eigenvalue weighted by molar-refractivity contribution is -0.138. The van der Waals surface area contributed by atoms with Gasteiger partial charge in [-0.25, -0.2) is 0 Å². The van der Waals surface area contributed by atoms with Crippen molar-refractivity contribution in [3.63, 3.8) is 0 Å². The predicted molar refractivity (Wildman–Crippen MR) is 138 cm³/mol. The molecule has 0 amide bonds. The number of carboxylic acids is 1. The zero-order valence-corrected chi connectivity index (χ0v) is 20.2. The Bertz CT molecular complexity index is 1060. The summed E-state index contributed by atoms with van der Waals surface area (Å²) in [6.07, 6.45) is 3.80. The standard InChI is InChI=1S/C30H35NO4/c32-29(33)15-21-34-20-7-10-24-13-14-28(35-23-25-8-3-1-4-9-25)27(22-24)30(16-18-31-19-17-30)26-11-5-2-6-12-26/h1-6,8-9,11-14,22,31H,7,10,15-21,23H2,(H,32,33). The largest absolute Gasteiger partial charge is 0.489 e. The Hall–Kier alpha value is -3.15. The van der Waals surface area contributed by atoms with E-state index in [0.717, 1.165) is 50.1 Å². The molecule has 0 atom stereocenters. The second kappa shape index (κ2) is 12.5. The van der Waals surface area contributed by atoms with Gasteiger partial charge in [0.05, 0.1) is 13.0 Å². The molecule has 0 radical (unpaired) electrons. The third-order valence-electron chi connectivity index (χ3n) is 6.79. The molecule has 0 bridgehead atoms. The van der Waals surface area contributed by atoms with Crippen molar-refractivity contribution in [1.82, 2.24) is 5.32 Å². The number of rotatable bonds is 12. The van der Waals surface area contributed by atoms with E-state index in [4.69, 9.17) is 14.6 Å². The molecule has 0 spiro atoms. The van der Waals surface area contributed by atoms with Crippen LogP contribution in [0.4, 0.5) is 0 Å². The summed E-state index contributed by atoms with van der Waals surface area (Å²) in [4.78, 5) is 10.7. The Morgan fingerprint density at radius 3 is 2.31 bits per heavy atom. The molecule has 1 aliphatic rings. The van der Waals surface area contributed by atoms with Crippen molar-refractivity contribution < 1.29 is 19.4 Å². The van der Waals surface area contributed by atoms with E-state index < -0.39 is 5.97 Å². The van der Waals surface area contributed by atoms with Crippen LogP contribution < -0.4 is 10.1 Å². The van der Waals surface area contributed by atoms with Crippen LogP contribution in [0.15, 0.2) is 78.9 Å². The molecule has 0 saturated carbocycles. The van der Waals surface area contributed by atoms with Gasteiger partial charge >= 0.3 is 5.97 Å². The quantitative estimate of drug-likeness (QED) is 0.347. The molecule has 3 aromatic carbocycles. The van der Waals surface area contributed by atoms with Crippen molar-refractivity contribution in [2.75, 3.05) is 26.3 Å². The molecule has 4 rings (SSSR count). The number of hydrogen-bond donors (Lipinski definition) is 2. The minimum absolute atomic E-state index is 0.0469. The van der Waals surface area contributed by atoms with E-state index in [2.05, 4.69) is 66.0 Å². The summed E-state index contributed by atoms with van der Waals surface area (Å²) in [6.45, 7) is 3.29.